The number of rotatable bonds is 18. The van der Waals surface area contributed by atoms with E-state index in [1.54, 1.807) is 96.4 Å². The van der Waals surface area contributed by atoms with E-state index in [-0.39, 0.29) is 31.6 Å². The quantitative estimate of drug-likeness (QED) is 0.0470. The van der Waals surface area contributed by atoms with Crippen LogP contribution in [0, 0.1) is 0 Å². The summed E-state index contributed by atoms with van der Waals surface area (Å²) in [6.45, 7) is 3.51. The number of fused-ring (bicyclic) bond motifs is 6. The molecule has 24 heteroatoms. The van der Waals surface area contributed by atoms with Crippen molar-refractivity contribution >= 4 is 100 Å². The van der Waals surface area contributed by atoms with Gasteiger partial charge in [0.05, 0.1) is 10.5 Å². The standard InChI is InChI=1S/C30H29Cl2N3O6S.C30H31Cl2N3O6S/c31-19-3-8-23(9-4-19)41-30(37)35-14-13-25-26-15-20(32)5-12-27(26)34-28(25)29(35)18-1-6-22(7-2-18)40-17-21(36)16-33-42(38,39)24-10-11-24;1-18(2)42(38,39)33-16-22(36)17-40-23-8-3-19(4-9-23)29-28-25(26-15-21(32)7-12-27(26)34-28)13-14-35(29)30(37)41-24-10-5-20(31)6-11-24/h1-9,12,15,21,24,29,33-34,36H,10-11,13-14,16-17H2;3-12,15,18,22,29,33-34,36H,13-14,16-17H2,1-2H3. The van der Waals surface area contributed by atoms with Crippen molar-refractivity contribution in [3.63, 3.8) is 0 Å². The van der Waals surface area contributed by atoms with Crippen LogP contribution >= 0.6 is 46.4 Å². The lowest BCUT2D eigenvalue weighted by Gasteiger charge is -2.35. The number of hydrogen-bond acceptors (Lipinski definition) is 12. The molecule has 0 radical (unpaired) electrons. The Balaban J connectivity index is 0.000000187. The second-order valence-corrected chi connectivity index (χ2v) is 27.0. The van der Waals surface area contributed by atoms with Crippen molar-refractivity contribution in [3.8, 4) is 23.0 Å². The first-order valence-corrected chi connectivity index (χ1v) is 31.7. The van der Waals surface area contributed by atoms with Gasteiger partial charge >= 0.3 is 12.2 Å². The van der Waals surface area contributed by atoms with Crippen LogP contribution in [0.1, 0.15) is 72.4 Å². The monoisotopic (exact) mass is 1260 g/mol. The van der Waals surface area contributed by atoms with E-state index in [9.17, 15) is 36.6 Å². The number of nitrogens with zero attached hydrogens (tertiary/aromatic N) is 2. The van der Waals surface area contributed by atoms with Gasteiger partial charge in [-0.05, 0) is 171 Å². The SMILES string of the molecule is CC(C)S(=O)(=O)NCC(O)COc1ccc(C2c3[nH]c4ccc(Cl)cc4c3CCN2C(=O)Oc2ccc(Cl)cc2)cc1.O=C(Oc1ccc(Cl)cc1)N1CCc2c([nH]c3ccc(Cl)cc23)C1c1ccc(OCC(O)CNS(=O)(=O)C2CC2)cc1. The average molecular weight is 1260 g/mol. The van der Waals surface area contributed by atoms with Crippen molar-refractivity contribution in [2.45, 2.75) is 74.3 Å². The summed E-state index contributed by atoms with van der Waals surface area (Å²) in [6, 6.07) is 38.0. The normalized spacial score (nSPS) is 16.8. The van der Waals surface area contributed by atoms with Gasteiger partial charge in [0.15, 0.2) is 0 Å². The molecule has 442 valence electrons. The number of aliphatic hydroxyl groups excluding tert-OH is 2. The van der Waals surface area contributed by atoms with Crippen molar-refractivity contribution in [2.75, 3.05) is 39.4 Å². The van der Waals surface area contributed by atoms with Crippen LogP contribution in [0.4, 0.5) is 9.59 Å². The van der Waals surface area contributed by atoms with Crippen molar-refractivity contribution in [2.24, 2.45) is 0 Å². The van der Waals surface area contributed by atoms with Crippen LogP contribution in [0.3, 0.4) is 0 Å². The van der Waals surface area contributed by atoms with Crippen molar-refractivity contribution in [1.29, 1.82) is 0 Å². The van der Waals surface area contributed by atoms with Gasteiger partial charge in [-0.2, -0.15) is 0 Å². The fraction of sp³-hybridized carbons (Fsp3) is 0.300. The molecule has 6 aromatic carbocycles. The zero-order valence-corrected chi connectivity index (χ0v) is 50.1. The minimum atomic E-state index is -3.49. The number of benzene rings is 6. The number of aromatic amines is 2. The molecular formula is C60H60Cl4N6O12S2. The second kappa shape index (κ2) is 26.0. The average Bonchev–Trinajstić information content (AvgIpc) is 3.43. The summed E-state index contributed by atoms with van der Waals surface area (Å²) in [5.41, 5.74) is 7.40. The molecule has 8 aromatic rings. The van der Waals surface area contributed by atoms with Gasteiger partial charge in [-0.1, -0.05) is 70.7 Å². The van der Waals surface area contributed by atoms with Crippen LogP contribution in [-0.4, -0.2) is 121 Å². The first-order chi connectivity index (χ1) is 40.2. The van der Waals surface area contributed by atoms with Gasteiger partial charge in [0.2, 0.25) is 20.0 Å². The van der Waals surface area contributed by atoms with Gasteiger partial charge in [-0.15, -0.1) is 0 Å². The number of amides is 2. The van der Waals surface area contributed by atoms with E-state index in [4.69, 9.17) is 65.4 Å². The summed E-state index contributed by atoms with van der Waals surface area (Å²) in [5, 5.41) is 23.9. The Morgan fingerprint density at radius 3 is 1.33 bits per heavy atom. The smallest absolute Gasteiger partial charge is 0.416 e. The van der Waals surface area contributed by atoms with Crippen molar-refractivity contribution in [1.82, 2.24) is 29.2 Å². The molecule has 2 aliphatic heterocycles. The minimum absolute atomic E-state index is 0.0809. The Hall–Kier alpha value is -6.56. The number of halogens is 4. The number of carbonyl (C=O) groups excluding carboxylic acids is 2. The van der Waals surface area contributed by atoms with E-state index in [2.05, 4.69) is 19.4 Å². The van der Waals surface area contributed by atoms with Gasteiger partial charge in [0.25, 0.3) is 0 Å². The molecule has 18 nitrogen and oxygen atoms in total. The Kier molecular flexibility index (Phi) is 18.7. The number of aliphatic hydroxyl groups is 2. The zero-order valence-electron chi connectivity index (χ0n) is 45.4. The van der Waals surface area contributed by atoms with Gasteiger partial charge in [0.1, 0.15) is 60.5 Å². The highest BCUT2D eigenvalue weighted by atomic mass is 35.5. The molecule has 4 atom stereocenters. The van der Waals surface area contributed by atoms with Gasteiger partial charge in [0, 0.05) is 79.5 Å². The molecule has 1 aliphatic carbocycles. The predicted octanol–water partition coefficient (Wildman–Crippen LogP) is 11.1. The summed E-state index contributed by atoms with van der Waals surface area (Å²) in [4.78, 5) is 37.3. The molecule has 0 spiro atoms. The summed E-state index contributed by atoms with van der Waals surface area (Å²) in [5.74, 6) is 1.76. The summed E-state index contributed by atoms with van der Waals surface area (Å²) in [7, 11) is -6.87. The highest BCUT2D eigenvalue weighted by molar-refractivity contribution is 7.90. The molecule has 1 saturated carbocycles. The maximum atomic E-state index is 13.5. The fourth-order valence-corrected chi connectivity index (χ4v) is 12.8. The largest absolute Gasteiger partial charge is 0.491 e. The van der Waals surface area contributed by atoms with E-state index in [1.165, 1.54) is 0 Å². The number of ether oxygens (including phenoxy) is 4. The lowest BCUT2D eigenvalue weighted by atomic mass is 9.92. The minimum Gasteiger partial charge on any atom is -0.491 e. The summed E-state index contributed by atoms with van der Waals surface area (Å²) in [6.07, 6.45) is -0.504. The van der Waals surface area contributed by atoms with Crippen LogP contribution in [0.2, 0.25) is 20.1 Å². The first kappa shape index (κ1) is 60.6. The number of aromatic nitrogens is 2. The van der Waals surface area contributed by atoms with Gasteiger partial charge in [-0.3, -0.25) is 9.80 Å². The third-order valence-electron chi connectivity index (χ3n) is 14.6. The van der Waals surface area contributed by atoms with E-state index in [0.29, 0.717) is 81.9 Å². The molecule has 0 saturated heterocycles. The Morgan fingerprint density at radius 1 is 0.560 bits per heavy atom. The van der Waals surface area contributed by atoms with Crippen LogP contribution in [0.25, 0.3) is 21.8 Å². The first-order valence-electron chi connectivity index (χ1n) is 27.1. The van der Waals surface area contributed by atoms with Crippen molar-refractivity contribution in [3.05, 3.63) is 187 Å². The van der Waals surface area contributed by atoms with Crippen LogP contribution in [-0.2, 0) is 32.9 Å². The molecular weight excluding hydrogens is 1200 g/mol. The second-order valence-electron chi connectivity index (χ2n) is 20.9. The lowest BCUT2D eigenvalue weighted by molar-refractivity contribution is 0.111. The van der Waals surface area contributed by atoms with E-state index < -0.39 is 61.8 Å². The molecule has 2 amide bonds. The van der Waals surface area contributed by atoms with Crippen LogP contribution in [0.15, 0.2) is 133 Å². The highest BCUT2D eigenvalue weighted by Gasteiger charge is 2.38. The van der Waals surface area contributed by atoms with E-state index in [0.717, 1.165) is 55.4 Å². The lowest BCUT2D eigenvalue weighted by Crippen LogP contribution is -2.42. The Morgan fingerprint density at radius 2 is 0.940 bits per heavy atom. The number of nitrogens with one attached hydrogen (secondary N) is 4. The molecule has 11 rings (SSSR count). The number of carbonyl (C=O) groups is 2. The van der Waals surface area contributed by atoms with Gasteiger partial charge < -0.3 is 39.1 Å². The topological polar surface area (TPSA) is 242 Å². The van der Waals surface area contributed by atoms with Gasteiger partial charge in [-0.25, -0.2) is 35.9 Å². The van der Waals surface area contributed by atoms with E-state index in [1.807, 2.05) is 60.7 Å². The number of hydrogen-bond donors (Lipinski definition) is 6. The third kappa shape index (κ3) is 14.4. The molecule has 6 N–H and O–H groups in total. The molecule has 1 fully saturated rings. The molecule has 4 heterocycles. The predicted molar refractivity (Wildman–Crippen MR) is 324 cm³/mol. The van der Waals surface area contributed by atoms with Crippen molar-refractivity contribution < 1.29 is 55.6 Å². The molecule has 4 unspecified atom stereocenters. The number of H-pyrrole nitrogens is 2. The van der Waals surface area contributed by atoms with Crippen LogP contribution in [0.5, 0.6) is 23.0 Å². The third-order valence-corrected chi connectivity index (χ3v) is 19.3. The number of sulfonamides is 2. The van der Waals surface area contributed by atoms with E-state index >= 15 is 0 Å². The summed E-state index contributed by atoms with van der Waals surface area (Å²) < 4.78 is 75.5. The molecule has 2 aromatic heterocycles. The zero-order chi connectivity index (χ0) is 59.5. The fourth-order valence-electron chi connectivity index (χ4n) is 10.0. The molecule has 3 aliphatic rings. The maximum absolute atomic E-state index is 13.5. The van der Waals surface area contributed by atoms with Crippen LogP contribution < -0.4 is 28.4 Å². The Bertz CT molecular complexity index is 3640. The highest BCUT2D eigenvalue weighted by Crippen LogP contribution is 2.42. The molecule has 0 bridgehead atoms. The maximum Gasteiger partial charge on any atom is 0.416 e. The Labute approximate surface area is 506 Å². The summed E-state index contributed by atoms with van der Waals surface area (Å²) >= 11 is 24.6. The molecule has 84 heavy (non-hydrogen) atoms.